The van der Waals surface area contributed by atoms with Gasteiger partial charge in [-0.25, -0.2) is 4.79 Å². The Kier molecular flexibility index (Phi) is 4.94. The number of aryl methyl sites for hydroxylation is 1. The molecular weight excluding hydrogens is 358 g/mol. The number of nitrogens with zero attached hydrogens (tertiary/aromatic N) is 1. The second-order valence-corrected chi connectivity index (χ2v) is 6.67. The normalized spacial score (nSPS) is 10.5. The molecule has 3 aromatic rings. The highest BCUT2D eigenvalue weighted by molar-refractivity contribution is 7.14. The van der Waals surface area contributed by atoms with Crippen LogP contribution in [0.15, 0.2) is 52.9 Å². The molecule has 0 aliphatic heterocycles. The monoisotopic (exact) mass is 371 g/mol. The Morgan fingerprint density at radius 3 is 2.46 bits per heavy atom. The number of hydrogen-bond donors (Lipinski definition) is 0. The maximum absolute atomic E-state index is 12.0. The van der Waals surface area contributed by atoms with Crippen molar-refractivity contribution in [1.82, 2.24) is 0 Å². The molecule has 132 valence electrons. The van der Waals surface area contributed by atoms with Crippen LogP contribution in [0.3, 0.4) is 0 Å². The molecule has 26 heavy (non-hydrogen) atoms. The van der Waals surface area contributed by atoms with Crippen LogP contribution in [0.5, 0.6) is 0 Å². The predicted octanol–water partition coefficient (Wildman–Crippen LogP) is 4.26. The molecule has 8 heteroatoms. The Balaban J connectivity index is 1.64. The molecule has 0 saturated heterocycles. The number of hydrogen-bond acceptors (Lipinski definition) is 7. The summed E-state index contributed by atoms with van der Waals surface area (Å²) in [5.74, 6) is -0.709. The molecule has 0 spiro atoms. The molecule has 3 rings (SSSR count). The molecule has 2 heterocycles. The molecule has 7 nitrogen and oxygen atoms in total. The highest BCUT2D eigenvalue weighted by Gasteiger charge is 2.17. The number of Topliss-reactive ketones (excluding diaryl/α,β-unsaturated/α-hetero) is 1. The number of furan rings is 1. The van der Waals surface area contributed by atoms with Crippen LogP contribution < -0.4 is 0 Å². The lowest BCUT2D eigenvalue weighted by Gasteiger charge is -2.01. The van der Waals surface area contributed by atoms with Gasteiger partial charge in [-0.3, -0.25) is 14.9 Å². The second-order valence-electron chi connectivity index (χ2n) is 5.38. The zero-order chi connectivity index (χ0) is 18.7. The van der Waals surface area contributed by atoms with Crippen molar-refractivity contribution >= 4 is 28.8 Å². The molecule has 2 aromatic heterocycles. The van der Waals surface area contributed by atoms with Crippen molar-refractivity contribution in [3.63, 3.8) is 0 Å². The fourth-order valence-corrected chi connectivity index (χ4v) is 3.00. The van der Waals surface area contributed by atoms with Gasteiger partial charge in [-0.2, -0.15) is 0 Å². The average molecular weight is 371 g/mol. The molecule has 0 N–H and O–H groups in total. The number of nitro groups is 1. The first kappa shape index (κ1) is 17.6. The molecule has 0 aliphatic carbocycles. The van der Waals surface area contributed by atoms with Gasteiger partial charge in [0.15, 0.2) is 6.61 Å². The van der Waals surface area contributed by atoms with Gasteiger partial charge in [0.05, 0.1) is 9.80 Å². The number of ketones is 1. The molecule has 1 aromatic carbocycles. The molecular formula is C18H13NO6S. The first-order valence-electron chi connectivity index (χ1n) is 7.55. The van der Waals surface area contributed by atoms with Crippen LogP contribution in [0.4, 0.5) is 5.69 Å². The SMILES string of the molecule is Cc1ccc(C(=O)COC(=O)c2ccc(-c3ccc([N+](=O)[O-])cc3)o2)s1. The zero-order valence-electron chi connectivity index (χ0n) is 13.6. The molecule has 0 saturated carbocycles. The van der Waals surface area contributed by atoms with Crippen molar-refractivity contribution < 1.29 is 23.7 Å². The van der Waals surface area contributed by atoms with Crippen molar-refractivity contribution in [3.8, 4) is 11.3 Å². The summed E-state index contributed by atoms with van der Waals surface area (Å²) >= 11 is 1.34. The minimum atomic E-state index is -0.750. The van der Waals surface area contributed by atoms with Crippen LogP contribution in [0.25, 0.3) is 11.3 Å². The highest BCUT2D eigenvalue weighted by Crippen LogP contribution is 2.25. The van der Waals surface area contributed by atoms with Crippen molar-refractivity contribution in [2.45, 2.75) is 6.92 Å². The lowest BCUT2D eigenvalue weighted by atomic mass is 10.1. The first-order chi connectivity index (χ1) is 12.4. The van der Waals surface area contributed by atoms with E-state index in [9.17, 15) is 19.7 Å². The van der Waals surface area contributed by atoms with Crippen molar-refractivity contribution in [2.24, 2.45) is 0 Å². The van der Waals surface area contributed by atoms with E-state index in [0.717, 1.165) is 4.88 Å². The van der Waals surface area contributed by atoms with Crippen molar-refractivity contribution in [1.29, 1.82) is 0 Å². The van der Waals surface area contributed by atoms with E-state index in [2.05, 4.69) is 0 Å². The fourth-order valence-electron chi connectivity index (χ4n) is 2.21. The number of thiophene rings is 1. The summed E-state index contributed by atoms with van der Waals surface area (Å²) in [7, 11) is 0. The van der Waals surface area contributed by atoms with E-state index in [1.807, 2.05) is 13.0 Å². The molecule has 0 unspecified atom stereocenters. The standard InChI is InChI=1S/C18H13NO6S/c1-11-2-9-17(26-11)14(20)10-24-18(21)16-8-7-15(25-16)12-3-5-13(6-4-12)19(22)23/h2-9H,10H2,1H3. The Morgan fingerprint density at radius 2 is 1.85 bits per heavy atom. The topological polar surface area (TPSA) is 99.7 Å². The van der Waals surface area contributed by atoms with Gasteiger partial charge in [0, 0.05) is 22.6 Å². The van der Waals surface area contributed by atoms with Crippen LogP contribution in [-0.2, 0) is 4.74 Å². The van der Waals surface area contributed by atoms with Gasteiger partial charge in [-0.15, -0.1) is 11.3 Å². The van der Waals surface area contributed by atoms with Crippen molar-refractivity contribution in [2.75, 3.05) is 6.61 Å². The van der Waals surface area contributed by atoms with Gasteiger partial charge in [0.1, 0.15) is 5.76 Å². The van der Waals surface area contributed by atoms with Crippen molar-refractivity contribution in [3.05, 3.63) is 74.2 Å². The van der Waals surface area contributed by atoms with Gasteiger partial charge in [-0.05, 0) is 43.3 Å². The van der Waals surface area contributed by atoms with E-state index in [1.165, 1.54) is 41.7 Å². The lowest BCUT2D eigenvalue weighted by molar-refractivity contribution is -0.384. The van der Waals surface area contributed by atoms with E-state index < -0.39 is 10.9 Å². The van der Waals surface area contributed by atoms with Gasteiger partial charge < -0.3 is 9.15 Å². The minimum absolute atomic E-state index is 0.0396. The summed E-state index contributed by atoms with van der Waals surface area (Å²) in [5, 5.41) is 10.7. The van der Waals surface area contributed by atoms with Crippen LogP contribution in [0, 0.1) is 17.0 Å². The summed E-state index contributed by atoms with van der Waals surface area (Å²) < 4.78 is 10.4. The number of nitro benzene ring substituents is 1. The van der Waals surface area contributed by atoms with E-state index in [4.69, 9.17) is 9.15 Å². The Bertz CT molecular complexity index is 970. The Morgan fingerprint density at radius 1 is 1.12 bits per heavy atom. The van der Waals surface area contributed by atoms with Crippen LogP contribution in [0.2, 0.25) is 0 Å². The predicted molar refractivity (Wildman–Crippen MR) is 94.5 cm³/mol. The van der Waals surface area contributed by atoms with Crippen LogP contribution >= 0.6 is 11.3 Å². The maximum Gasteiger partial charge on any atom is 0.374 e. The molecule has 0 aliphatic rings. The Labute approximate surface area is 152 Å². The third kappa shape index (κ3) is 3.86. The van der Waals surface area contributed by atoms with Gasteiger partial charge in [0.2, 0.25) is 11.5 Å². The highest BCUT2D eigenvalue weighted by atomic mass is 32.1. The molecule has 0 amide bonds. The molecule has 0 bridgehead atoms. The maximum atomic E-state index is 12.0. The zero-order valence-corrected chi connectivity index (χ0v) is 14.4. The van der Waals surface area contributed by atoms with Gasteiger partial charge >= 0.3 is 5.97 Å². The second kappa shape index (κ2) is 7.32. The number of esters is 1. The van der Waals surface area contributed by atoms with E-state index >= 15 is 0 Å². The lowest BCUT2D eigenvalue weighted by Crippen LogP contribution is -2.12. The van der Waals surface area contributed by atoms with Crippen LogP contribution in [0.1, 0.15) is 25.1 Å². The van der Waals surface area contributed by atoms with Gasteiger partial charge in [-0.1, -0.05) is 0 Å². The summed E-state index contributed by atoms with van der Waals surface area (Å²) in [6.45, 7) is 1.52. The summed E-state index contributed by atoms with van der Waals surface area (Å²) in [6.07, 6.45) is 0. The van der Waals surface area contributed by atoms with E-state index in [1.54, 1.807) is 12.1 Å². The number of ether oxygens (including phenoxy) is 1. The molecule has 0 atom stereocenters. The smallest absolute Gasteiger partial charge is 0.374 e. The molecule has 0 radical (unpaired) electrons. The quantitative estimate of drug-likeness (QED) is 0.278. The number of carbonyl (C=O) groups is 2. The number of non-ortho nitro benzene ring substituents is 1. The largest absolute Gasteiger partial charge is 0.451 e. The van der Waals surface area contributed by atoms with E-state index in [0.29, 0.717) is 16.2 Å². The Hall–Kier alpha value is -3.26. The summed E-state index contributed by atoms with van der Waals surface area (Å²) in [5.41, 5.74) is 0.544. The first-order valence-corrected chi connectivity index (χ1v) is 8.37. The summed E-state index contributed by atoms with van der Waals surface area (Å²) in [6, 6.07) is 12.2. The number of rotatable bonds is 6. The fraction of sp³-hybridized carbons (Fsp3) is 0.111. The van der Waals surface area contributed by atoms with Crippen LogP contribution in [-0.4, -0.2) is 23.3 Å². The molecule has 0 fully saturated rings. The van der Waals surface area contributed by atoms with Gasteiger partial charge in [0.25, 0.3) is 5.69 Å². The summed E-state index contributed by atoms with van der Waals surface area (Å²) in [4.78, 5) is 35.7. The van der Waals surface area contributed by atoms with E-state index in [-0.39, 0.29) is 23.8 Å². The number of benzene rings is 1. The average Bonchev–Trinajstić information content (AvgIpc) is 3.29. The minimum Gasteiger partial charge on any atom is -0.451 e. The number of carbonyl (C=O) groups excluding carboxylic acids is 2. The third-order valence-electron chi connectivity index (χ3n) is 3.52. The third-order valence-corrected chi connectivity index (χ3v) is 4.56.